The van der Waals surface area contributed by atoms with Gasteiger partial charge in [0.25, 0.3) is 0 Å². The topological polar surface area (TPSA) is 24.5 Å². The van der Waals surface area contributed by atoms with Crippen molar-refractivity contribution >= 4 is 5.69 Å². The Hall–Kier alpha value is -1.22. The maximum absolute atomic E-state index is 5.27. The van der Waals surface area contributed by atoms with Crippen molar-refractivity contribution in [2.24, 2.45) is 0 Å². The molecule has 1 atom stereocenters. The van der Waals surface area contributed by atoms with Crippen LogP contribution in [0.3, 0.4) is 0 Å². The Labute approximate surface area is 97.4 Å². The molecule has 0 saturated carbocycles. The molecule has 1 fully saturated rings. The third-order valence-electron chi connectivity index (χ3n) is 3.11. The summed E-state index contributed by atoms with van der Waals surface area (Å²) < 4.78 is 5.27. The van der Waals surface area contributed by atoms with E-state index < -0.39 is 0 Å². The summed E-state index contributed by atoms with van der Waals surface area (Å²) in [5.74, 6) is 0.932. The molecule has 1 unspecified atom stereocenters. The van der Waals surface area contributed by atoms with E-state index in [1.165, 1.54) is 12.1 Å². The Kier molecular flexibility index (Phi) is 3.67. The van der Waals surface area contributed by atoms with Crippen molar-refractivity contribution < 1.29 is 4.74 Å². The number of ether oxygens (including phenoxy) is 1. The number of hydrogen-bond acceptors (Lipinski definition) is 3. The van der Waals surface area contributed by atoms with Gasteiger partial charge in [0, 0.05) is 30.9 Å². The SMILES string of the molecule is COc1cccc(N2CCCNCC2C)c1. The largest absolute Gasteiger partial charge is 0.497 e. The van der Waals surface area contributed by atoms with Crippen molar-refractivity contribution in [2.45, 2.75) is 19.4 Å². The van der Waals surface area contributed by atoms with Gasteiger partial charge in [0.1, 0.15) is 5.75 Å². The highest BCUT2D eigenvalue weighted by Gasteiger charge is 2.16. The van der Waals surface area contributed by atoms with Crippen LogP contribution in [0.2, 0.25) is 0 Å². The first-order valence-corrected chi connectivity index (χ1v) is 5.92. The van der Waals surface area contributed by atoms with Crippen LogP contribution in [0, 0.1) is 0 Å². The minimum atomic E-state index is 0.537. The number of nitrogens with one attached hydrogen (secondary N) is 1. The smallest absolute Gasteiger partial charge is 0.120 e. The maximum atomic E-state index is 5.27. The molecule has 0 radical (unpaired) electrons. The lowest BCUT2D eigenvalue weighted by Crippen LogP contribution is -2.37. The molecule has 0 amide bonds. The Morgan fingerprint density at radius 2 is 2.31 bits per heavy atom. The van der Waals surface area contributed by atoms with Gasteiger partial charge < -0.3 is 15.0 Å². The van der Waals surface area contributed by atoms with E-state index in [1.807, 2.05) is 6.07 Å². The number of anilines is 1. The Morgan fingerprint density at radius 1 is 1.44 bits per heavy atom. The second-order valence-corrected chi connectivity index (χ2v) is 4.30. The van der Waals surface area contributed by atoms with Gasteiger partial charge in [-0.05, 0) is 32.0 Å². The molecule has 1 aliphatic heterocycles. The van der Waals surface area contributed by atoms with Crippen LogP contribution < -0.4 is 15.0 Å². The summed E-state index contributed by atoms with van der Waals surface area (Å²) in [5, 5.41) is 3.45. The van der Waals surface area contributed by atoms with E-state index in [0.29, 0.717) is 6.04 Å². The minimum absolute atomic E-state index is 0.537. The molecule has 16 heavy (non-hydrogen) atoms. The monoisotopic (exact) mass is 220 g/mol. The molecule has 1 heterocycles. The summed E-state index contributed by atoms with van der Waals surface area (Å²) in [6.45, 7) is 5.54. The first-order valence-electron chi connectivity index (χ1n) is 5.92. The minimum Gasteiger partial charge on any atom is -0.497 e. The van der Waals surface area contributed by atoms with Crippen LogP contribution in [0.5, 0.6) is 5.75 Å². The van der Waals surface area contributed by atoms with Crippen LogP contribution in [-0.4, -0.2) is 32.8 Å². The molecule has 0 bridgehead atoms. The normalized spacial score (nSPS) is 21.6. The highest BCUT2D eigenvalue weighted by molar-refractivity contribution is 5.51. The van der Waals surface area contributed by atoms with Gasteiger partial charge in [0.2, 0.25) is 0 Å². The zero-order valence-electron chi connectivity index (χ0n) is 10.1. The van der Waals surface area contributed by atoms with Crippen LogP contribution in [0.4, 0.5) is 5.69 Å². The molecular formula is C13H20N2O. The number of benzene rings is 1. The predicted molar refractivity (Wildman–Crippen MR) is 67.3 cm³/mol. The molecule has 1 saturated heterocycles. The average Bonchev–Trinajstić information content (AvgIpc) is 2.54. The van der Waals surface area contributed by atoms with E-state index in [2.05, 4.69) is 35.3 Å². The van der Waals surface area contributed by atoms with Crippen molar-refractivity contribution in [3.63, 3.8) is 0 Å². The fraction of sp³-hybridized carbons (Fsp3) is 0.538. The molecule has 3 heteroatoms. The Morgan fingerprint density at radius 3 is 3.12 bits per heavy atom. The third kappa shape index (κ3) is 2.47. The fourth-order valence-corrected chi connectivity index (χ4v) is 2.19. The van der Waals surface area contributed by atoms with E-state index in [1.54, 1.807) is 7.11 Å². The van der Waals surface area contributed by atoms with Crippen molar-refractivity contribution in [2.75, 3.05) is 31.6 Å². The second kappa shape index (κ2) is 5.21. The molecule has 0 aliphatic carbocycles. The molecule has 3 nitrogen and oxygen atoms in total. The Balaban J connectivity index is 2.19. The highest BCUT2D eigenvalue weighted by atomic mass is 16.5. The van der Waals surface area contributed by atoms with Crippen LogP contribution >= 0.6 is 0 Å². The average molecular weight is 220 g/mol. The summed E-state index contributed by atoms with van der Waals surface area (Å²) in [7, 11) is 1.71. The van der Waals surface area contributed by atoms with Crippen LogP contribution in [0.25, 0.3) is 0 Å². The standard InChI is InChI=1S/C13H20N2O/c1-11-10-14-7-4-8-15(11)12-5-3-6-13(9-12)16-2/h3,5-6,9,11,14H,4,7-8,10H2,1-2H3. The van der Waals surface area contributed by atoms with Crippen LogP contribution in [0.15, 0.2) is 24.3 Å². The summed E-state index contributed by atoms with van der Waals surface area (Å²) in [4.78, 5) is 2.45. The zero-order chi connectivity index (χ0) is 11.4. The summed E-state index contributed by atoms with van der Waals surface area (Å²) in [6.07, 6.45) is 1.20. The lowest BCUT2D eigenvalue weighted by atomic mass is 10.2. The summed E-state index contributed by atoms with van der Waals surface area (Å²) in [6, 6.07) is 8.85. The number of rotatable bonds is 2. The molecule has 1 aromatic carbocycles. The first-order chi connectivity index (χ1) is 7.81. The van der Waals surface area contributed by atoms with Crippen molar-refractivity contribution in [1.29, 1.82) is 0 Å². The van der Waals surface area contributed by atoms with Crippen molar-refractivity contribution in [3.8, 4) is 5.75 Å². The third-order valence-corrected chi connectivity index (χ3v) is 3.11. The number of nitrogens with zero attached hydrogens (tertiary/aromatic N) is 1. The van der Waals surface area contributed by atoms with E-state index in [4.69, 9.17) is 4.74 Å². The van der Waals surface area contributed by atoms with E-state index in [9.17, 15) is 0 Å². The van der Waals surface area contributed by atoms with Gasteiger partial charge >= 0.3 is 0 Å². The van der Waals surface area contributed by atoms with Crippen molar-refractivity contribution in [1.82, 2.24) is 5.32 Å². The van der Waals surface area contributed by atoms with Gasteiger partial charge in [-0.15, -0.1) is 0 Å². The quantitative estimate of drug-likeness (QED) is 0.823. The highest BCUT2D eigenvalue weighted by Crippen LogP contribution is 2.23. The van der Waals surface area contributed by atoms with Gasteiger partial charge in [-0.1, -0.05) is 6.07 Å². The summed E-state index contributed by atoms with van der Waals surface area (Å²) in [5.41, 5.74) is 1.26. The van der Waals surface area contributed by atoms with Gasteiger partial charge in [-0.2, -0.15) is 0 Å². The first kappa shape index (κ1) is 11.3. The maximum Gasteiger partial charge on any atom is 0.120 e. The zero-order valence-corrected chi connectivity index (χ0v) is 10.1. The number of hydrogen-bond donors (Lipinski definition) is 1. The van der Waals surface area contributed by atoms with E-state index in [0.717, 1.165) is 25.4 Å². The molecule has 1 aromatic rings. The molecule has 0 spiro atoms. The second-order valence-electron chi connectivity index (χ2n) is 4.30. The van der Waals surface area contributed by atoms with Gasteiger partial charge in [0.15, 0.2) is 0 Å². The van der Waals surface area contributed by atoms with Gasteiger partial charge in [-0.25, -0.2) is 0 Å². The molecule has 0 aromatic heterocycles. The van der Waals surface area contributed by atoms with Gasteiger partial charge in [0.05, 0.1) is 7.11 Å². The van der Waals surface area contributed by atoms with Crippen LogP contribution in [0.1, 0.15) is 13.3 Å². The number of methoxy groups -OCH3 is 1. The van der Waals surface area contributed by atoms with E-state index >= 15 is 0 Å². The molecule has 88 valence electrons. The van der Waals surface area contributed by atoms with E-state index in [-0.39, 0.29) is 0 Å². The molecular weight excluding hydrogens is 200 g/mol. The lowest BCUT2D eigenvalue weighted by molar-refractivity contribution is 0.414. The molecule has 1 N–H and O–H groups in total. The molecule has 2 rings (SSSR count). The molecule has 1 aliphatic rings. The van der Waals surface area contributed by atoms with Gasteiger partial charge in [-0.3, -0.25) is 0 Å². The van der Waals surface area contributed by atoms with Crippen LogP contribution in [-0.2, 0) is 0 Å². The predicted octanol–water partition coefficient (Wildman–Crippen LogP) is 1.88. The Bertz CT molecular complexity index is 340. The summed E-state index contributed by atoms with van der Waals surface area (Å²) >= 11 is 0. The van der Waals surface area contributed by atoms with Crippen molar-refractivity contribution in [3.05, 3.63) is 24.3 Å². The lowest BCUT2D eigenvalue weighted by Gasteiger charge is -2.29. The fourth-order valence-electron chi connectivity index (χ4n) is 2.19.